The zero-order valence-electron chi connectivity index (χ0n) is 10.1. The summed E-state index contributed by atoms with van der Waals surface area (Å²) in [6.07, 6.45) is 3.78. The molecule has 1 aliphatic rings. The molecule has 7 heteroatoms. The zero-order chi connectivity index (χ0) is 14.0. The molecule has 0 bridgehead atoms. The zero-order valence-corrected chi connectivity index (χ0v) is 12.5. The highest BCUT2D eigenvalue weighted by molar-refractivity contribution is 9.10. The van der Waals surface area contributed by atoms with Crippen LogP contribution in [0.5, 0.6) is 0 Å². The molecular formula is C12H14BrNO4S. The van der Waals surface area contributed by atoms with E-state index in [0.29, 0.717) is 4.47 Å². The number of primary sulfonamides is 1. The van der Waals surface area contributed by atoms with Crippen LogP contribution in [0.15, 0.2) is 27.6 Å². The second kappa shape index (κ2) is 5.60. The van der Waals surface area contributed by atoms with Crippen molar-refractivity contribution in [3.05, 3.63) is 28.2 Å². The molecule has 5 nitrogen and oxygen atoms in total. The van der Waals surface area contributed by atoms with Crippen LogP contribution in [0.3, 0.4) is 0 Å². The molecule has 19 heavy (non-hydrogen) atoms. The third-order valence-electron chi connectivity index (χ3n) is 3.05. The molecule has 1 saturated carbocycles. The highest BCUT2D eigenvalue weighted by Gasteiger charge is 2.22. The maximum atomic E-state index is 11.9. The van der Waals surface area contributed by atoms with Gasteiger partial charge in [0, 0.05) is 4.47 Å². The Hall–Kier alpha value is -0.920. The minimum absolute atomic E-state index is 0.0610. The molecule has 1 fully saturated rings. The lowest BCUT2D eigenvalue weighted by atomic mass is 10.2. The Bertz CT molecular complexity index is 594. The molecule has 1 aromatic carbocycles. The third kappa shape index (κ3) is 3.55. The van der Waals surface area contributed by atoms with Crippen molar-refractivity contribution in [2.75, 3.05) is 0 Å². The first-order chi connectivity index (χ1) is 8.88. The number of esters is 1. The van der Waals surface area contributed by atoms with Gasteiger partial charge in [-0.1, -0.05) is 0 Å². The van der Waals surface area contributed by atoms with Crippen molar-refractivity contribution in [2.24, 2.45) is 5.14 Å². The quantitative estimate of drug-likeness (QED) is 0.849. The predicted molar refractivity (Wildman–Crippen MR) is 73.2 cm³/mol. The van der Waals surface area contributed by atoms with Gasteiger partial charge in [0.2, 0.25) is 10.0 Å². The van der Waals surface area contributed by atoms with Crippen molar-refractivity contribution in [1.29, 1.82) is 0 Å². The molecule has 0 aromatic heterocycles. The van der Waals surface area contributed by atoms with Crippen molar-refractivity contribution in [2.45, 2.75) is 36.7 Å². The monoisotopic (exact) mass is 347 g/mol. The van der Waals surface area contributed by atoms with Crippen molar-refractivity contribution >= 4 is 31.9 Å². The van der Waals surface area contributed by atoms with Crippen LogP contribution in [-0.4, -0.2) is 20.5 Å². The Balaban J connectivity index is 2.23. The first kappa shape index (κ1) is 14.5. The number of nitrogens with two attached hydrogens (primary N) is 1. The lowest BCUT2D eigenvalue weighted by Crippen LogP contribution is -2.17. The number of carbonyl (C=O) groups is 1. The SMILES string of the molecule is NS(=O)(=O)c1cc(C(=O)OC2CCCC2)ccc1Br. The van der Waals surface area contributed by atoms with E-state index in [1.807, 2.05) is 0 Å². The molecule has 0 amide bonds. The molecule has 0 aliphatic heterocycles. The molecule has 0 saturated heterocycles. The summed E-state index contributed by atoms with van der Waals surface area (Å²) in [5.74, 6) is -0.510. The lowest BCUT2D eigenvalue weighted by Gasteiger charge is -2.12. The predicted octanol–water partition coefficient (Wildman–Crippen LogP) is 2.20. The van der Waals surface area contributed by atoms with E-state index in [-0.39, 0.29) is 16.6 Å². The number of halogens is 1. The molecule has 1 aliphatic carbocycles. The van der Waals surface area contributed by atoms with E-state index in [4.69, 9.17) is 9.88 Å². The van der Waals surface area contributed by atoms with Crippen LogP contribution in [0.2, 0.25) is 0 Å². The van der Waals surface area contributed by atoms with E-state index in [9.17, 15) is 13.2 Å². The molecule has 104 valence electrons. The molecular weight excluding hydrogens is 334 g/mol. The molecule has 2 rings (SSSR count). The first-order valence-corrected chi connectivity index (χ1v) is 8.25. The van der Waals surface area contributed by atoms with Crippen LogP contribution in [0, 0.1) is 0 Å². The average Bonchev–Trinajstić information content (AvgIpc) is 2.80. The minimum atomic E-state index is -3.87. The number of hydrogen-bond donors (Lipinski definition) is 1. The number of ether oxygens (including phenoxy) is 1. The molecule has 1 aromatic rings. The fourth-order valence-electron chi connectivity index (χ4n) is 2.07. The minimum Gasteiger partial charge on any atom is -0.459 e. The van der Waals surface area contributed by atoms with Gasteiger partial charge in [0.25, 0.3) is 0 Å². The maximum Gasteiger partial charge on any atom is 0.338 e. The fourth-order valence-corrected chi connectivity index (χ4v) is 3.63. The van der Waals surface area contributed by atoms with Crippen molar-refractivity contribution in [3.63, 3.8) is 0 Å². The van der Waals surface area contributed by atoms with Crippen LogP contribution in [0.25, 0.3) is 0 Å². The summed E-state index contributed by atoms with van der Waals surface area (Å²) >= 11 is 3.09. The van der Waals surface area contributed by atoms with Gasteiger partial charge in [-0.3, -0.25) is 0 Å². The van der Waals surface area contributed by atoms with Gasteiger partial charge in [0.1, 0.15) is 6.10 Å². The third-order valence-corrected chi connectivity index (χ3v) is 4.95. The Morgan fingerprint density at radius 1 is 1.32 bits per heavy atom. The lowest BCUT2D eigenvalue weighted by molar-refractivity contribution is 0.0317. The first-order valence-electron chi connectivity index (χ1n) is 5.91. The topological polar surface area (TPSA) is 86.5 Å². The summed E-state index contributed by atoms with van der Waals surface area (Å²) in [6, 6.07) is 4.22. The van der Waals surface area contributed by atoms with Gasteiger partial charge in [-0.25, -0.2) is 18.4 Å². The van der Waals surface area contributed by atoms with E-state index in [0.717, 1.165) is 25.7 Å². The summed E-state index contributed by atoms with van der Waals surface area (Å²) < 4.78 is 28.4. The average molecular weight is 348 g/mol. The van der Waals surface area contributed by atoms with Gasteiger partial charge >= 0.3 is 5.97 Å². The second-order valence-electron chi connectivity index (χ2n) is 4.50. The van der Waals surface area contributed by atoms with Gasteiger partial charge in [0.05, 0.1) is 10.5 Å². The summed E-state index contributed by atoms with van der Waals surface area (Å²) in [5, 5.41) is 5.08. The standard InChI is InChI=1S/C12H14BrNO4S/c13-10-6-5-8(7-11(10)19(14,16)17)12(15)18-9-3-1-2-4-9/h5-7,9H,1-4H2,(H2,14,16,17). The molecule has 0 heterocycles. The van der Waals surface area contributed by atoms with E-state index in [1.165, 1.54) is 18.2 Å². The molecule has 2 N–H and O–H groups in total. The fraction of sp³-hybridized carbons (Fsp3) is 0.417. The van der Waals surface area contributed by atoms with Crippen molar-refractivity contribution in [1.82, 2.24) is 0 Å². The summed E-state index contributed by atoms with van der Waals surface area (Å²) in [4.78, 5) is 11.8. The highest BCUT2D eigenvalue weighted by atomic mass is 79.9. The summed E-state index contributed by atoms with van der Waals surface area (Å²) in [6.45, 7) is 0. The van der Waals surface area contributed by atoms with Crippen molar-refractivity contribution < 1.29 is 17.9 Å². The van der Waals surface area contributed by atoms with Gasteiger partial charge in [-0.2, -0.15) is 0 Å². The maximum absolute atomic E-state index is 11.9. The molecule has 0 radical (unpaired) electrons. The van der Waals surface area contributed by atoms with Gasteiger partial charge in [-0.05, 0) is 59.8 Å². The van der Waals surface area contributed by atoms with Crippen LogP contribution < -0.4 is 5.14 Å². The summed E-state index contributed by atoms with van der Waals surface area (Å²) in [7, 11) is -3.87. The Morgan fingerprint density at radius 2 is 1.95 bits per heavy atom. The number of benzene rings is 1. The Kier molecular flexibility index (Phi) is 4.27. The number of carbonyl (C=O) groups excluding carboxylic acids is 1. The highest BCUT2D eigenvalue weighted by Crippen LogP contribution is 2.25. The Morgan fingerprint density at radius 3 is 2.53 bits per heavy atom. The molecule has 0 spiro atoms. The number of rotatable bonds is 3. The van der Waals surface area contributed by atoms with Gasteiger partial charge < -0.3 is 4.74 Å². The van der Waals surface area contributed by atoms with Crippen LogP contribution >= 0.6 is 15.9 Å². The van der Waals surface area contributed by atoms with Crippen LogP contribution in [0.4, 0.5) is 0 Å². The van der Waals surface area contributed by atoms with Gasteiger partial charge in [0.15, 0.2) is 0 Å². The van der Waals surface area contributed by atoms with E-state index in [2.05, 4.69) is 15.9 Å². The molecule has 0 unspecified atom stereocenters. The smallest absolute Gasteiger partial charge is 0.338 e. The van der Waals surface area contributed by atoms with Gasteiger partial charge in [-0.15, -0.1) is 0 Å². The van der Waals surface area contributed by atoms with E-state index >= 15 is 0 Å². The van der Waals surface area contributed by atoms with E-state index in [1.54, 1.807) is 0 Å². The van der Waals surface area contributed by atoms with E-state index < -0.39 is 16.0 Å². The second-order valence-corrected chi connectivity index (χ2v) is 6.89. The summed E-state index contributed by atoms with van der Waals surface area (Å²) in [5.41, 5.74) is 0.194. The van der Waals surface area contributed by atoms with Crippen LogP contribution in [-0.2, 0) is 14.8 Å². The Labute approximate surface area is 120 Å². The largest absolute Gasteiger partial charge is 0.459 e. The normalized spacial score (nSPS) is 16.5. The molecule has 0 atom stereocenters. The van der Waals surface area contributed by atoms with Crippen molar-refractivity contribution in [3.8, 4) is 0 Å². The number of hydrogen-bond acceptors (Lipinski definition) is 4. The van der Waals surface area contributed by atoms with Crippen LogP contribution in [0.1, 0.15) is 36.0 Å². The number of sulfonamides is 1.